The number of rotatable bonds is 1. The Hall–Kier alpha value is -1.84. The van der Waals surface area contributed by atoms with E-state index in [-0.39, 0.29) is 5.41 Å². The number of aromatic nitrogens is 2. The smallest absolute Gasteiger partial charge is 0.248 e. The maximum Gasteiger partial charge on any atom is 0.248 e. The molecule has 1 amide bonds. The van der Waals surface area contributed by atoms with Crippen LogP contribution in [0, 0.1) is 0 Å². The summed E-state index contributed by atoms with van der Waals surface area (Å²) < 4.78 is 2.02. The zero-order chi connectivity index (χ0) is 12.8. The summed E-state index contributed by atoms with van der Waals surface area (Å²) in [6.07, 6.45) is 0. The van der Waals surface area contributed by atoms with Crippen LogP contribution in [0.2, 0.25) is 0 Å². The molecule has 2 N–H and O–H groups in total. The normalized spacial score (nSPS) is 12.0. The fourth-order valence-electron chi connectivity index (χ4n) is 2.01. The summed E-state index contributed by atoms with van der Waals surface area (Å²) in [5, 5.41) is 0. The summed E-state index contributed by atoms with van der Waals surface area (Å²) in [5.41, 5.74) is 7.59. The lowest BCUT2D eigenvalue weighted by atomic mass is 9.96. The van der Waals surface area contributed by atoms with Gasteiger partial charge in [-0.1, -0.05) is 20.8 Å². The van der Waals surface area contributed by atoms with E-state index < -0.39 is 5.91 Å². The van der Waals surface area contributed by atoms with Crippen LogP contribution < -0.4 is 5.73 Å². The number of amides is 1. The van der Waals surface area contributed by atoms with Gasteiger partial charge in [0.2, 0.25) is 5.91 Å². The van der Waals surface area contributed by atoms with E-state index in [0.717, 1.165) is 16.9 Å². The van der Waals surface area contributed by atoms with Gasteiger partial charge in [0, 0.05) is 18.0 Å². The highest BCUT2D eigenvalue weighted by Gasteiger charge is 2.21. The van der Waals surface area contributed by atoms with Crippen molar-refractivity contribution in [2.24, 2.45) is 12.8 Å². The van der Waals surface area contributed by atoms with E-state index >= 15 is 0 Å². The Morgan fingerprint density at radius 2 is 2.00 bits per heavy atom. The summed E-state index contributed by atoms with van der Waals surface area (Å²) in [5.74, 6) is 0.583. The van der Waals surface area contributed by atoms with Crippen LogP contribution in [0.5, 0.6) is 0 Å². The summed E-state index contributed by atoms with van der Waals surface area (Å²) in [7, 11) is 1.96. The fourth-order valence-corrected chi connectivity index (χ4v) is 2.01. The van der Waals surface area contributed by atoms with Crippen LogP contribution in [0.3, 0.4) is 0 Å². The second-order valence-electron chi connectivity index (χ2n) is 5.31. The van der Waals surface area contributed by atoms with Gasteiger partial charge in [-0.05, 0) is 18.2 Å². The molecular weight excluding hydrogens is 214 g/mol. The van der Waals surface area contributed by atoms with Gasteiger partial charge in [-0.15, -0.1) is 0 Å². The molecule has 0 fully saturated rings. The van der Waals surface area contributed by atoms with E-state index in [4.69, 9.17) is 5.73 Å². The molecule has 0 radical (unpaired) electrons. The van der Waals surface area contributed by atoms with E-state index in [9.17, 15) is 4.79 Å². The average Bonchev–Trinajstić information content (AvgIpc) is 2.55. The van der Waals surface area contributed by atoms with Crippen molar-refractivity contribution in [3.8, 4) is 0 Å². The molecule has 4 heteroatoms. The Morgan fingerprint density at radius 1 is 1.35 bits per heavy atom. The van der Waals surface area contributed by atoms with Crippen molar-refractivity contribution in [3.05, 3.63) is 29.6 Å². The van der Waals surface area contributed by atoms with Gasteiger partial charge in [0.1, 0.15) is 5.82 Å². The third-order valence-electron chi connectivity index (χ3n) is 2.84. The molecule has 0 saturated heterocycles. The predicted octanol–water partition coefficient (Wildman–Crippen LogP) is 1.97. The molecule has 0 aliphatic heterocycles. The average molecular weight is 231 g/mol. The molecule has 0 spiro atoms. The molecule has 0 atom stereocenters. The first-order valence-electron chi connectivity index (χ1n) is 5.57. The van der Waals surface area contributed by atoms with Gasteiger partial charge in [0.15, 0.2) is 0 Å². The zero-order valence-electron chi connectivity index (χ0n) is 10.6. The quantitative estimate of drug-likeness (QED) is 0.815. The summed E-state index contributed by atoms with van der Waals surface area (Å²) in [6.45, 7) is 6.34. The van der Waals surface area contributed by atoms with Gasteiger partial charge in [-0.2, -0.15) is 0 Å². The molecule has 0 unspecified atom stereocenters. The molecule has 4 nitrogen and oxygen atoms in total. The SMILES string of the molecule is Cn1c(C(C)(C)C)nc2ccc(C(N)=O)cc21. The van der Waals surface area contributed by atoms with E-state index in [1.807, 2.05) is 17.7 Å². The second-order valence-corrected chi connectivity index (χ2v) is 5.31. The first kappa shape index (κ1) is 11.6. The lowest BCUT2D eigenvalue weighted by Gasteiger charge is -2.17. The highest BCUT2D eigenvalue weighted by molar-refractivity contribution is 5.96. The number of nitrogens with two attached hydrogens (primary N) is 1. The Bertz CT molecular complexity index is 590. The Balaban J connectivity index is 2.71. The Morgan fingerprint density at radius 3 is 2.53 bits per heavy atom. The van der Waals surface area contributed by atoms with Gasteiger partial charge >= 0.3 is 0 Å². The third kappa shape index (κ3) is 1.90. The van der Waals surface area contributed by atoms with Gasteiger partial charge in [-0.25, -0.2) is 4.98 Å². The molecule has 0 aliphatic rings. The van der Waals surface area contributed by atoms with Crippen molar-refractivity contribution >= 4 is 16.9 Å². The van der Waals surface area contributed by atoms with E-state index in [1.165, 1.54) is 0 Å². The first-order valence-corrected chi connectivity index (χ1v) is 5.57. The molecule has 1 aromatic carbocycles. The Kier molecular flexibility index (Phi) is 2.45. The van der Waals surface area contributed by atoms with Crippen molar-refractivity contribution in [1.82, 2.24) is 9.55 Å². The van der Waals surface area contributed by atoms with Gasteiger partial charge in [0.25, 0.3) is 0 Å². The number of fused-ring (bicyclic) bond motifs is 1. The minimum atomic E-state index is -0.412. The van der Waals surface area contributed by atoms with Crippen molar-refractivity contribution in [3.63, 3.8) is 0 Å². The van der Waals surface area contributed by atoms with E-state index in [1.54, 1.807) is 12.1 Å². The maximum absolute atomic E-state index is 11.2. The summed E-state index contributed by atoms with van der Waals surface area (Å²) in [4.78, 5) is 15.7. The Labute approximate surface area is 100 Å². The number of carbonyl (C=O) groups is 1. The van der Waals surface area contributed by atoms with Crippen LogP contribution in [-0.2, 0) is 12.5 Å². The first-order chi connectivity index (χ1) is 7.80. The number of nitrogens with zero attached hydrogens (tertiary/aromatic N) is 2. The lowest BCUT2D eigenvalue weighted by molar-refractivity contribution is 0.100. The van der Waals surface area contributed by atoms with Crippen molar-refractivity contribution < 1.29 is 4.79 Å². The molecule has 90 valence electrons. The summed E-state index contributed by atoms with van der Waals surface area (Å²) >= 11 is 0. The van der Waals surface area contributed by atoms with Crippen LogP contribution in [0.1, 0.15) is 37.0 Å². The highest BCUT2D eigenvalue weighted by Crippen LogP contribution is 2.25. The van der Waals surface area contributed by atoms with Crippen LogP contribution in [-0.4, -0.2) is 15.5 Å². The minimum absolute atomic E-state index is 0.0271. The number of primary amides is 1. The topological polar surface area (TPSA) is 60.9 Å². The molecule has 2 aromatic rings. The van der Waals surface area contributed by atoms with Gasteiger partial charge < -0.3 is 10.3 Å². The van der Waals surface area contributed by atoms with Gasteiger partial charge in [0.05, 0.1) is 11.0 Å². The monoisotopic (exact) mass is 231 g/mol. The van der Waals surface area contributed by atoms with Crippen LogP contribution in [0.25, 0.3) is 11.0 Å². The van der Waals surface area contributed by atoms with Crippen LogP contribution >= 0.6 is 0 Å². The number of hydrogen-bond acceptors (Lipinski definition) is 2. The molecule has 1 heterocycles. The molecular formula is C13H17N3O. The predicted molar refractivity (Wildman–Crippen MR) is 67.9 cm³/mol. The highest BCUT2D eigenvalue weighted by atomic mass is 16.1. The number of benzene rings is 1. The molecule has 1 aromatic heterocycles. The maximum atomic E-state index is 11.2. The molecule has 2 rings (SSSR count). The third-order valence-corrected chi connectivity index (χ3v) is 2.84. The van der Waals surface area contributed by atoms with Crippen molar-refractivity contribution in [1.29, 1.82) is 0 Å². The number of carbonyl (C=O) groups excluding carboxylic acids is 1. The molecule has 0 bridgehead atoms. The van der Waals surface area contributed by atoms with E-state index in [2.05, 4.69) is 25.8 Å². The zero-order valence-corrected chi connectivity index (χ0v) is 10.6. The second kappa shape index (κ2) is 3.58. The van der Waals surface area contributed by atoms with E-state index in [0.29, 0.717) is 5.56 Å². The van der Waals surface area contributed by atoms with Crippen molar-refractivity contribution in [2.45, 2.75) is 26.2 Å². The largest absolute Gasteiger partial charge is 0.366 e. The number of hydrogen-bond donors (Lipinski definition) is 1. The standard InChI is InChI=1S/C13H17N3O/c1-13(2,3)12-15-9-6-5-8(11(14)17)7-10(9)16(12)4/h5-7H,1-4H3,(H2,14,17). The number of imidazole rings is 1. The van der Waals surface area contributed by atoms with Crippen LogP contribution in [0.4, 0.5) is 0 Å². The summed E-state index contributed by atoms with van der Waals surface area (Å²) in [6, 6.07) is 5.34. The van der Waals surface area contributed by atoms with Crippen LogP contribution in [0.15, 0.2) is 18.2 Å². The molecule has 17 heavy (non-hydrogen) atoms. The minimum Gasteiger partial charge on any atom is -0.366 e. The molecule has 0 aliphatic carbocycles. The molecule has 0 saturated carbocycles. The van der Waals surface area contributed by atoms with Crippen molar-refractivity contribution in [2.75, 3.05) is 0 Å². The lowest BCUT2D eigenvalue weighted by Crippen LogP contribution is -2.17. The number of aryl methyl sites for hydroxylation is 1. The fraction of sp³-hybridized carbons (Fsp3) is 0.385. The van der Waals surface area contributed by atoms with Gasteiger partial charge in [-0.3, -0.25) is 4.79 Å².